The van der Waals surface area contributed by atoms with Crippen molar-refractivity contribution in [3.63, 3.8) is 0 Å². The number of H-pyrrole nitrogens is 1. The zero-order valence-corrected chi connectivity index (χ0v) is 29.7. The highest BCUT2D eigenvalue weighted by Gasteiger charge is 2.27. The highest BCUT2D eigenvalue weighted by molar-refractivity contribution is 6.76. The summed E-state index contributed by atoms with van der Waals surface area (Å²) < 4.78 is 16.7. The Bertz CT molecular complexity index is 2040. The van der Waals surface area contributed by atoms with Crippen LogP contribution in [0.1, 0.15) is 23.9 Å². The first-order chi connectivity index (χ1) is 24.2. The Hall–Kier alpha value is -5.52. The normalized spacial score (nSPS) is 19.0. The van der Waals surface area contributed by atoms with Gasteiger partial charge in [0.05, 0.1) is 46.4 Å². The summed E-state index contributed by atoms with van der Waals surface area (Å²) in [6, 6.07) is 12.8. The Morgan fingerprint density at radius 1 is 0.860 bits per heavy atom. The molecule has 11 heteroatoms. The zero-order chi connectivity index (χ0) is 34.7. The lowest BCUT2D eigenvalue weighted by atomic mass is 10.0. The second kappa shape index (κ2) is 14.1. The van der Waals surface area contributed by atoms with E-state index in [1.807, 2.05) is 91.3 Å². The molecule has 0 aliphatic carbocycles. The fourth-order valence-electron chi connectivity index (χ4n) is 5.85. The van der Waals surface area contributed by atoms with Crippen molar-refractivity contribution >= 4 is 42.8 Å². The van der Waals surface area contributed by atoms with E-state index in [0.717, 1.165) is 80.8 Å². The van der Waals surface area contributed by atoms with Crippen LogP contribution >= 0.6 is 0 Å². The van der Waals surface area contributed by atoms with Crippen LogP contribution in [-0.4, -0.2) is 67.6 Å². The minimum atomic E-state index is -1.20. The zero-order valence-electron chi connectivity index (χ0n) is 28.7. The maximum atomic E-state index is 11.8. The molecule has 0 spiro atoms. The van der Waals surface area contributed by atoms with Crippen molar-refractivity contribution in [3.05, 3.63) is 137 Å². The van der Waals surface area contributed by atoms with Gasteiger partial charge in [-0.2, -0.15) is 0 Å². The van der Waals surface area contributed by atoms with E-state index in [2.05, 4.69) is 40.9 Å². The molecular formula is C39H40N6O4Si. The first-order valence-electron chi connectivity index (χ1n) is 16.8. The molecule has 1 aromatic heterocycles. The van der Waals surface area contributed by atoms with Crippen molar-refractivity contribution in [2.24, 2.45) is 15.0 Å². The van der Waals surface area contributed by atoms with Gasteiger partial charge >= 0.3 is 5.97 Å². The third-order valence-electron chi connectivity index (χ3n) is 8.36. The molecule has 0 saturated heterocycles. The molecule has 2 N–H and O–H groups in total. The van der Waals surface area contributed by atoms with Crippen LogP contribution in [-0.2, 0) is 14.3 Å². The van der Waals surface area contributed by atoms with Gasteiger partial charge < -0.3 is 29.4 Å². The number of carbonyl (C=O) groups excluding carboxylic acids is 1. The monoisotopic (exact) mass is 684 g/mol. The van der Waals surface area contributed by atoms with Crippen LogP contribution in [0, 0.1) is 0 Å². The lowest BCUT2D eigenvalue weighted by Crippen LogP contribution is -2.28. The van der Waals surface area contributed by atoms with Crippen LogP contribution in [0.5, 0.6) is 5.75 Å². The van der Waals surface area contributed by atoms with Crippen molar-refractivity contribution in [1.82, 2.24) is 15.2 Å². The summed E-state index contributed by atoms with van der Waals surface area (Å²) in [6.07, 6.45) is 20.0. The van der Waals surface area contributed by atoms with Gasteiger partial charge in [0, 0.05) is 44.0 Å². The third-order valence-corrected chi connectivity index (χ3v) is 10.1. The number of nitrogens with one attached hydrogen (secondary N) is 2. The number of nitrogens with zero attached hydrogens (tertiary/aromatic N) is 4. The minimum absolute atomic E-state index is 0.143. The second-order valence-corrected chi connectivity index (χ2v) is 19.0. The number of hydrogen-bond acceptors (Lipinski definition) is 9. The summed E-state index contributed by atoms with van der Waals surface area (Å²) in [5, 5.41) is 3.43. The highest BCUT2D eigenvalue weighted by atomic mass is 28.3. The summed E-state index contributed by atoms with van der Waals surface area (Å²) in [5.41, 5.74) is 9.41. The maximum Gasteiger partial charge on any atom is 0.344 e. The Balaban J connectivity index is 1.24. The number of aromatic amines is 1. The van der Waals surface area contributed by atoms with Crippen LogP contribution < -0.4 is 10.1 Å². The molecule has 254 valence electrons. The summed E-state index contributed by atoms with van der Waals surface area (Å²) in [7, 11) is -1.20. The number of carbonyl (C=O) groups is 1. The van der Waals surface area contributed by atoms with Crippen LogP contribution in [0.4, 0.5) is 0 Å². The number of allylic oxidation sites excluding steroid dienone is 8. The van der Waals surface area contributed by atoms with Crippen molar-refractivity contribution in [2.75, 3.05) is 26.6 Å². The van der Waals surface area contributed by atoms with Crippen LogP contribution in [0.15, 0.2) is 135 Å². The number of rotatable bonds is 10. The molecule has 0 unspecified atom stereocenters. The number of fused-ring (bicyclic) bond motifs is 5. The fraction of sp³-hybridized carbons (Fsp3) is 0.231. The molecule has 5 aliphatic rings. The molecule has 2 aromatic rings. The van der Waals surface area contributed by atoms with E-state index in [1.165, 1.54) is 0 Å². The third kappa shape index (κ3) is 7.54. The van der Waals surface area contributed by atoms with Gasteiger partial charge in [-0.1, -0.05) is 31.8 Å². The molecule has 0 atom stereocenters. The molecule has 1 aromatic carbocycles. The largest absolute Gasteiger partial charge is 0.482 e. The van der Waals surface area contributed by atoms with E-state index in [0.29, 0.717) is 19.1 Å². The standard InChI is InChI=1S/C39H40N6O4Si/c1-5-48-36(46)24-49-31-12-6-26(7-13-31)37-32-14-8-27(41-32)22-29-10-16-34(43-29)38(35-17-11-30(44-35)23-28-9-15-33(37)42-28)39-40-18-19-45(39)25-47-20-21-50(2,3)4/h6-19,22-23,40-41H,5,20-21,24-25H2,1-4H3/b29-22?,30-23?,37-33?,39-38+. The molecule has 10 nitrogen and oxygen atoms in total. The molecule has 5 aliphatic heterocycles. The molecule has 0 amide bonds. The number of aromatic nitrogens is 1. The first kappa shape index (κ1) is 33.0. The van der Waals surface area contributed by atoms with E-state index >= 15 is 0 Å². The molecule has 0 fully saturated rings. The van der Waals surface area contributed by atoms with Gasteiger partial charge in [-0.3, -0.25) is 0 Å². The molecule has 8 bridgehead atoms. The van der Waals surface area contributed by atoms with E-state index in [-0.39, 0.29) is 6.61 Å². The summed E-state index contributed by atoms with van der Waals surface area (Å²) >= 11 is 0. The van der Waals surface area contributed by atoms with Gasteiger partial charge in [-0.05, 0) is 91.4 Å². The Kier molecular flexibility index (Phi) is 9.33. The average molecular weight is 685 g/mol. The highest BCUT2D eigenvalue weighted by Crippen LogP contribution is 2.33. The Labute approximate surface area is 293 Å². The van der Waals surface area contributed by atoms with Gasteiger partial charge in [-0.15, -0.1) is 0 Å². The maximum absolute atomic E-state index is 11.8. The van der Waals surface area contributed by atoms with Crippen LogP contribution in [0.25, 0.3) is 11.6 Å². The van der Waals surface area contributed by atoms with E-state index in [9.17, 15) is 4.79 Å². The predicted octanol–water partition coefficient (Wildman–Crippen LogP) is 6.89. The number of esters is 1. The quantitative estimate of drug-likeness (QED) is 0.160. The molecule has 0 radical (unpaired) electrons. The molecule has 7 rings (SSSR count). The van der Waals surface area contributed by atoms with Crippen molar-refractivity contribution in [3.8, 4) is 5.75 Å². The van der Waals surface area contributed by atoms with E-state index in [4.69, 9.17) is 29.2 Å². The first-order valence-corrected chi connectivity index (χ1v) is 20.5. The van der Waals surface area contributed by atoms with Crippen molar-refractivity contribution < 1.29 is 19.0 Å². The van der Waals surface area contributed by atoms with Gasteiger partial charge in [0.1, 0.15) is 18.3 Å². The predicted molar refractivity (Wildman–Crippen MR) is 201 cm³/mol. The number of hydrogen-bond donors (Lipinski definition) is 2. The lowest BCUT2D eigenvalue weighted by molar-refractivity contribution is -0.145. The smallest absolute Gasteiger partial charge is 0.344 e. The SMILES string of the molecule is CCOC(=O)COc1ccc(C2=C3C=CC(=N3)C=C3C=CC(=N3)/C(=C3\NC=CN3COCC[Si](C)(C)C)C3=NC(=Cc4ccc2[nH]4)C=C3)cc1. The van der Waals surface area contributed by atoms with Gasteiger partial charge in [0.25, 0.3) is 0 Å². The molecule has 0 saturated carbocycles. The summed E-state index contributed by atoms with van der Waals surface area (Å²) in [4.78, 5) is 32.6. The second-order valence-electron chi connectivity index (χ2n) is 13.4. The lowest BCUT2D eigenvalue weighted by Gasteiger charge is -2.22. The molecular weight excluding hydrogens is 645 g/mol. The van der Waals surface area contributed by atoms with Gasteiger partial charge in [0.2, 0.25) is 0 Å². The molecule has 50 heavy (non-hydrogen) atoms. The minimum Gasteiger partial charge on any atom is -0.482 e. The summed E-state index contributed by atoms with van der Waals surface area (Å²) in [5.74, 6) is 1.05. The Morgan fingerprint density at radius 3 is 2.36 bits per heavy atom. The number of benzene rings is 1. The van der Waals surface area contributed by atoms with Crippen LogP contribution in [0.2, 0.25) is 25.7 Å². The topological polar surface area (TPSA) is 113 Å². The van der Waals surface area contributed by atoms with Crippen molar-refractivity contribution in [1.29, 1.82) is 0 Å². The summed E-state index contributed by atoms with van der Waals surface area (Å²) in [6.45, 7) is 10.2. The fourth-order valence-corrected chi connectivity index (χ4v) is 6.61. The number of ether oxygens (including phenoxy) is 3. The van der Waals surface area contributed by atoms with E-state index < -0.39 is 14.0 Å². The van der Waals surface area contributed by atoms with Crippen molar-refractivity contribution in [2.45, 2.75) is 32.6 Å². The van der Waals surface area contributed by atoms with Crippen LogP contribution in [0.3, 0.4) is 0 Å². The van der Waals surface area contributed by atoms with E-state index in [1.54, 1.807) is 6.92 Å². The number of aliphatic imine (C=N–C) groups is 3. The van der Waals surface area contributed by atoms with Gasteiger partial charge in [0.15, 0.2) is 6.61 Å². The Morgan fingerprint density at radius 2 is 1.62 bits per heavy atom. The van der Waals surface area contributed by atoms with Gasteiger partial charge in [-0.25, -0.2) is 19.8 Å². The molecule has 6 heterocycles. The average Bonchev–Trinajstić information content (AvgIpc) is 3.93.